The smallest absolute Gasteiger partial charge is 0.348 e. The van der Waals surface area contributed by atoms with Crippen LogP contribution in [0.2, 0.25) is 0 Å². The van der Waals surface area contributed by atoms with Crippen molar-refractivity contribution in [1.29, 1.82) is 0 Å². The van der Waals surface area contributed by atoms with Crippen molar-refractivity contribution in [2.24, 2.45) is 0 Å². The van der Waals surface area contributed by atoms with Crippen molar-refractivity contribution in [3.05, 3.63) is 96.3 Å². The number of carbonyl (C=O) groups is 1. The van der Waals surface area contributed by atoms with Gasteiger partial charge in [-0.2, -0.15) is 0 Å². The molecule has 9 rings (SSSR count). The van der Waals surface area contributed by atoms with Gasteiger partial charge in [-0.25, -0.2) is 14.2 Å². The van der Waals surface area contributed by atoms with Crippen LogP contribution in [-0.2, 0) is 30.4 Å². The minimum absolute atomic E-state index is 0.268. The average molecular weight is 588 g/mol. The first-order valence-electron chi connectivity index (χ1n) is 16.3. The largest absolute Gasteiger partial charge is 0.462 e. The molecular weight excluding hydrogens is 552 g/mol. The highest BCUT2D eigenvalue weighted by Gasteiger charge is 2.36. The van der Waals surface area contributed by atoms with Gasteiger partial charge in [-0.05, 0) is 74.8 Å². The highest BCUT2D eigenvalue weighted by atomic mass is 16.5. The number of anilines is 1. The maximum Gasteiger partial charge on any atom is 0.348 e. The Morgan fingerprint density at radius 3 is 2.57 bits per heavy atom. The molecule has 0 spiro atoms. The Morgan fingerprint density at radius 2 is 1.70 bits per heavy atom. The van der Waals surface area contributed by atoms with Gasteiger partial charge in [0.05, 0.1) is 23.1 Å². The topological polar surface area (TPSA) is 72.0 Å². The number of fused-ring (bicyclic) bond motifs is 6. The average Bonchev–Trinajstić information content (AvgIpc) is 3.05. The molecule has 0 amide bonds. The third-order valence-electron chi connectivity index (χ3n) is 10.2. The molecule has 44 heavy (non-hydrogen) atoms. The van der Waals surface area contributed by atoms with E-state index in [1.54, 1.807) is 6.07 Å². The second-order valence-electron chi connectivity index (χ2n) is 12.7. The molecule has 3 aromatic carbocycles. The van der Waals surface area contributed by atoms with Crippen LogP contribution < -0.4 is 30.4 Å². The summed E-state index contributed by atoms with van der Waals surface area (Å²) in [5.74, 6) is 0.971. The molecule has 5 aliphatic heterocycles. The zero-order valence-electron chi connectivity index (χ0n) is 25.1. The van der Waals surface area contributed by atoms with Gasteiger partial charge in [0, 0.05) is 53.5 Å². The first-order valence-corrected chi connectivity index (χ1v) is 16.3. The van der Waals surface area contributed by atoms with E-state index in [1.807, 2.05) is 25.1 Å². The second-order valence-corrected chi connectivity index (χ2v) is 12.7. The third-order valence-corrected chi connectivity index (χ3v) is 10.2. The SMILES string of the molecule is CCOC(=O)c1ccccc1C1=c2cc3c4c(c2Oc2c1c(=O)oc1c5c6c(cc21)CCCN6CCC5)CCC[N+]=4CCC3. The standard InChI is InChI=1S/C37H35N2O5/c1-2-42-36(40)24-12-4-3-11-23(24)29-27-19-21-9-5-15-38-17-7-13-25(31(21)38)33(27)43-35-28-20-22-10-6-16-39-18-8-14-26(32(22)39)34(28)44-37(41)30(29)35/h3-4,11-12,19-20H,2,5-10,13-18H2,1H3/q+1. The molecule has 7 heteroatoms. The van der Waals surface area contributed by atoms with E-state index >= 15 is 0 Å². The number of benzene rings is 3. The van der Waals surface area contributed by atoms with Crippen LogP contribution in [0.25, 0.3) is 16.5 Å². The van der Waals surface area contributed by atoms with E-state index in [9.17, 15) is 9.59 Å². The number of aryl methyl sites for hydroxylation is 3. The van der Waals surface area contributed by atoms with E-state index in [0.29, 0.717) is 33.6 Å². The van der Waals surface area contributed by atoms with Crippen LogP contribution in [0, 0.1) is 0 Å². The van der Waals surface area contributed by atoms with Crippen molar-refractivity contribution in [2.45, 2.75) is 58.3 Å². The van der Waals surface area contributed by atoms with Gasteiger partial charge in [0.1, 0.15) is 30.0 Å². The Hall–Kier alpha value is -4.39. The summed E-state index contributed by atoms with van der Waals surface area (Å²) in [6.07, 6.45) is 8.06. The molecule has 0 radical (unpaired) electrons. The first-order chi connectivity index (χ1) is 21.6. The van der Waals surface area contributed by atoms with E-state index in [-0.39, 0.29) is 6.61 Å². The number of hydrogen-bond donors (Lipinski definition) is 0. The lowest BCUT2D eigenvalue weighted by atomic mass is 9.85. The molecule has 0 N–H and O–H groups in total. The fourth-order valence-electron chi connectivity index (χ4n) is 8.55. The number of hydrogen-bond acceptors (Lipinski definition) is 6. The number of rotatable bonds is 3. The van der Waals surface area contributed by atoms with E-state index in [1.165, 1.54) is 27.7 Å². The van der Waals surface area contributed by atoms with Crippen molar-refractivity contribution < 1.29 is 18.7 Å². The maximum absolute atomic E-state index is 14.3. The summed E-state index contributed by atoms with van der Waals surface area (Å²) >= 11 is 0. The molecule has 0 atom stereocenters. The first kappa shape index (κ1) is 26.1. The lowest BCUT2D eigenvalue weighted by Crippen LogP contribution is -2.45. The predicted molar refractivity (Wildman–Crippen MR) is 169 cm³/mol. The van der Waals surface area contributed by atoms with Gasteiger partial charge in [-0.1, -0.05) is 18.2 Å². The molecule has 0 unspecified atom stereocenters. The zero-order chi connectivity index (χ0) is 29.5. The Balaban J connectivity index is 1.44. The van der Waals surface area contributed by atoms with E-state index in [2.05, 4.69) is 21.6 Å². The Morgan fingerprint density at radius 1 is 0.932 bits per heavy atom. The number of esters is 1. The summed E-state index contributed by atoms with van der Waals surface area (Å²) in [5, 5.41) is 3.02. The number of carbonyl (C=O) groups excluding carboxylic acids is 1. The van der Waals surface area contributed by atoms with E-state index < -0.39 is 11.6 Å². The summed E-state index contributed by atoms with van der Waals surface area (Å²) in [4.78, 5) is 30.1. The van der Waals surface area contributed by atoms with Gasteiger partial charge in [0.25, 0.3) is 0 Å². The highest BCUT2D eigenvalue weighted by Crippen LogP contribution is 2.46. The van der Waals surface area contributed by atoms with Crippen LogP contribution in [0.5, 0.6) is 11.5 Å². The summed E-state index contributed by atoms with van der Waals surface area (Å²) < 4.78 is 21.4. The van der Waals surface area contributed by atoms with Gasteiger partial charge in [-0.15, -0.1) is 0 Å². The quantitative estimate of drug-likeness (QED) is 0.177. The van der Waals surface area contributed by atoms with Crippen LogP contribution in [-0.4, -0.2) is 38.8 Å². The Kier molecular flexibility index (Phi) is 5.81. The van der Waals surface area contributed by atoms with Crippen LogP contribution in [0.3, 0.4) is 0 Å². The molecule has 6 heterocycles. The van der Waals surface area contributed by atoms with Crippen LogP contribution in [0.4, 0.5) is 5.69 Å². The molecule has 0 bridgehead atoms. The summed E-state index contributed by atoms with van der Waals surface area (Å²) in [5.41, 5.74) is 8.61. The molecule has 222 valence electrons. The number of nitrogens with zero attached hydrogens (tertiary/aromatic N) is 2. The summed E-state index contributed by atoms with van der Waals surface area (Å²) in [7, 11) is 0. The van der Waals surface area contributed by atoms with Gasteiger partial charge >= 0.3 is 11.6 Å². The molecule has 0 saturated carbocycles. The lowest BCUT2D eigenvalue weighted by molar-refractivity contribution is 0.0526. The maximum atomic E-state index is 14.3. The van der Waals surface area contributed by atoms with Gasteiger partial charge in [0.15, 0.2) is 5.75 Å². The molecule has 5 aliphatic rings. The molecule has 1 aromatic heterocycles. The van der Waals surface area contributed by atoms with Crippen molar-refractivity contribution in [3.8, 4) is 11.5 Å². The fraction of sp³-hybridized carbons (Fsp3) is 0.378. The summed E-state index contributed by atoms with van der Waals surface area (Å²) in [6, 6.07) is 11.9. The zero-order valence-corrected chi connectivity index (χ0v) is 25.1. The monoisotopic (exact) mass is 587 g/mol. The van der Waals surface area contributed by atoms with Crippen LogP contribution in [0.1, 0.15) is 76.3 Å². The molecule has 0 aliphatic carbocycles. The summed E-state index contributed by atoms with van der Waals surface area (Å²) in [6.45, 7) is 6.26. The van der Waals surface area contributed by atoms with E-state index in [0.717, 1.165) is 99.5 Å². The molecular formula is C37H35N2O5+. The van der Waals surface area contributed by atoms with Gasteiger partial charge in [0.2, 0.25) is 5.36 Å². The Bertz CT molecular complexity index is 2120. The van der Waals surface area contributed by atoms with E-state index in [4.69, 9.17) is 13.9 Å². The van der Waals surface area contributed by atoms with Crippen molar-refractivity contribution >= 4 is 28.2 Å². The lowest BCUT2D eigenvalue weighted by Gasteiger charge is -2.37. The van der Waals surface area contributed by atoms with Crippen molar-refractivity contribution in [3.63, 3.8) is 0 Å². The number of ether oxygens (including phenoxy) is 2. The fourth-order valence-corrected chi connectivity index (χ4v) is 8.55. The molecule has 4 aromatic rings. The molecule has 0 saturated heterocycles. The normalized spacial score (nSPS) is 17.8. The minimum atomic E-state index is -0.427. The third kappa shape index (κ3) is 3.64. The van der Waals surface area contributed by atoms with Crippen molar-refractivity contribution in [1.82, 2.24) is 4.58 Å². The van der Waals surface area contributed by atoms with Gasteiger partial charge in [-0.3, -0.25) is 0 Å². The van der Waals surface area contributed by atoms with Crippen LogP contribution >= 0.6 is 0 Å². The molecule has 7 nitrogen and oxygen atoms in total. The van der Waals surface area contributed by atoms with Crippen molar-refractivity contribution in [2.75, 3.05) is 37.7 Å². The molecule has 0 fully saturated rings. The minimum Gasteiger partial charge on any atom is -0.462 e. The second kappa shape index (κ2) is 9.81. The Labute approximate surface area is 255 Å². The highest BCUT2D eigenvalue weighted by molar-refractivity contribution is 6.02. The van der Waals surface area contributed by atoms with Crippen LogP contribution in [0.15, 0.2) is 45.6 Å². The van der Waals surface area contributed by atoms with Gasteiger partial charge < -0.3 is 18.8 Å². The predicted octanol–water partition coefficient (Wildman–Crippen LogP) is 4.41.